The highest BCUT2D eigenvalue weighted by Crippen LogP contribution is 2.33. The van der Waals surface area contributed by atoms with Gasteiger partial charge in [-0.15, -0.1) is 0 Å². The van der Waals surface area contributed by atoms with Gasteiger partial charge in [-0.1, -0.05) is 15.9 Å². The number of halogens is 1. The Kier molecular flexibility index (Phi) is 2.75. The summed E-state index contributed by atoms with van der Waals surface area (Å²) in [5.74, 6) is -0.481. The Labute approximate surface area is 113 Å². The number of carbonyl (C=O) groups is 2. The van der Waals surface area contributed by atoms with Crippen LogP contribution in [0.3, 0.4) is 0 Å². The molecular weight excluding hydrogens is 298 g/mol. The monoisotopic (exact) mass is 309 g/mol. The molecule has 2 atom stereocenters. The number of benzene rings is 1. The standard InChI is InChI=1S/C13H12BrNO3/c1-7-6-8(2-3-9(7)14)15-12(16)10-4-5-11(18-10)13(15)17/h2-3,6,10-11H,4-5H2,1H3. The summed E-state index contributed by atoms with van der Waals surface area (Å²) in [4.78, 5) is 25.6. The number of amides is 2. The first-order chi connectivity index (χ1) is 8.58. The van der Waals surface area contributed by atoms with E-state index in [0.29, 0.717) is 18.5 Å². The summed E-state index contributed by atoms with van der Waals surface area (Å²) in [5, 5.41) is 0. The fourth-order valence-electron chi connectivity index (χ4n) is 2.42. The van der Waals surface area contributed by atoms with Gasteiger partial charge in [0.15, 0.2) is 0 Å². The maximum absolute atomic E-state index is 12.2. The lowest BCUT2D eigenvalue weighted by Crippen LogP contribution is -2.52. The van der Waals surface area contributed by atoms with E-state index in [2.05, 4.69) is 15.9 Å². The van der Waals surface area contributed by atoms with Crippen molar-refractivity contribution in [3.05, 3.63) is 28.2 Å². The lowest BCUT2D eigenvalue weighted by atomic mass is 10.1. The molecule has 2 aliphatic rings. The summed E-state index contributed by atoms with van der Waals surface area (Å²) in [6.45, 7) is 1.93. The van der Waals surface area contributed by atoms with Crippen LogP contribution in [0.5, 0.6) is 0 Å². The van der Waals surface area contributed by atoms with Crippen LogP contribution >= 0.6 is 15.9 Å². The lowest BCUT2D eigenvalue weighted by Gasteiger charge is -2.30. The molecule has 2 bridgehead atoms. The van der Waals surface area contributed by atoms with E-state index in [9.17, 15) is 9.59 Å². The van der Waals surface area contributed by atoms with Crippen molar-refractivity contribution < 1.29 is 14.3 Å². The van der Waals surface area contributed by atoms with E-state index in [4.69, 9.17) is 4.74 Å². The molecule has 4 nitrogen and oxygen atoms in total. The summed E-state index contributed by atoms with van der Waals surface area (Å²) >= 11 is 3.41. The molecule has 0 spiro atoms. The molecule has 18 heavy (non-hydrogen) atoms. The maximum atomic E-state index is 12.2. The Hall–Kier alpha value is -1.20. The highest BCUT2D eigenvalue weighted by Gasteiger charge is 2.47. The van der Waals surface area contributed by atoms with E-state index in [1.165, 1.54) is 4.90 Å². The average Bonchev–Trinajstić information content (AvgIpc) is 2.78. The van der Waals surface area contributed by atoms with Gasteiger partial charge in [0.25, 0.3) is 11.8 Å². The number of hydrogen-bond acceptors (Lipinski definition) is 3. The van der Waals surface area contributed by atoms with Crippen molar-refractivity contribution in [3.8, 4) is 0 Å². The number of imide groups is 1. The van der Waals surface area contributed by atoms with Crippen LogP contribution in [0, 0.1) is 6.92 Å². The molecule has 1 aromatic carbocycles. The SMILES string of the molecule is Cc1cc(N2C(=O)C3CCC(O3)C2=O)ccc1Br. The van der Waals surface area contributed by atoms with Gasteiger partial charge in [-0.3, -0.25) is 9.59 Å². The normalized spacial score (nSPS) is 26.9. The molecule has 2 saturated heterocycles. The number of carbonyl (C=O) groups excluding carboxylic acids is 2. The van der Waals surface area contributed by atoms with E-state index >= 15 is 0 Å². The molecule has 0 N–H and O–H groups in total. The predicted octanol–water partition coefficient (Wildman–Crippen LogP) is 2.18. The molecule has 5 heteroatoms. The third kappa shape index (κ3) is 1.69. The molecule has 1 aromatic rings. The van der Waals surface area contributed by atoms with Gasteiger partial charge in [0.1, 0.15) is 12.2 Å². The average molecular weight is 310 g/mol. The van der Waals surface area contributed by atoms with Crippen molar-refractivity contribution in [2.45, 2.75) is 32.0 Å². The van der Waals surface area contributed by atoms with E-state index < -0.39 is 12.2 Å². The number of morpholine rings is 1. The largest absolute Gasteiger partial charge is 0.355 e. The van der Waals surface area contributed by atoms with Crippen molar-refractivity contribution in [2.75, 3.05) is 4.90 Å². The van der Waals surface area contributed by atoms with Gasteiger partial charge in [0, 0.05) is 4.47 Å². The van der Waals surface area contributed by atoms with Crippen molar-refractivity contribution in [1.82, 2.24) is 0 Å². The Morgan fingerprint density at radius 2 is 1.83 bits per heavy atom. The van der Waals surface area contributed by atoms with E-state index in [1.807, 2.05) is 19.1 Å². The molecule has 0 radical (unpaired) electrons. The molecule has 2 amide bonds. The zero-order valence-electron chi connectivity index (χ0n) is 9.85. The fourth-order valence-corrected chi connectivity index (χ4v) is 2.67. The molecule has 2 fully saturated rings. The van der Waals surface area contributed by atoms with E-state index in [-0.39, 0.29) is 11.8 Å². The van der Waals surface area contributed by atoms with E-state index in [0.717, 1.165) is 10.0 Å². The minimum absolute atomic E-state index is 0.240. The van der Waals surface area contributed by atoms with Crippen LogP contribution in [0.15, 0.2) is 22.7 Å². The Balaban J connectivity index is 2.02. The lowest BCUT2D eigenvalue weighted by molar-refractivity contribution is -0.146. The number of ether oxygens (including phenoxy) is 1. The van der Waals surface area contributed by atoms with Crippen LogP contribution in [0.4, 0.5) is 5.69 Å². The van der Waals surface area contributed by atoms with Crippen molar-refractivity contribution in [2.24, 2.45) is 0 Å². The number of nitrogens with zero attached hydrogens (tertiary/aromatic N) is 1. The van der Waals surface area contributed by atoms with Gasteiger partial charge in [-0.25, -0.2) is 4.90 Å². The molecule has 2 unspecified atom stereocenters. The van der Waals surface area contributed by atoms with Gasteiger partial charge in [0.05, 0.1) is 5.69 Å². The molecule has 2 heterocycles. The van der Waals surface area contributed by atoms with Gasteiger partial charge >= 0.3 is 0 Å². The highest BCUT2D eigenvalue weighted by atomic mass is 79.9. The molecule has 94 valence electrons. The van der Waals surface area contributed by atoms with Gasteiger partial charge in [0.2, 0.25) is 0 Å². The topological polar surface area (TPSA) is 46.6 Å². The molecule has 2 aliphatic heterocycles. The molecule has 0 aromatic heterocycles. The predicted molar refractivity (Wildman–Crippen MR) is 69.3 cm³/mol. The third-order valence-corrected chi connectivity index (χ3v) is 4.30. The smallest absolute Gasteiger partial charge is 0.262 e. The second-order valence-electron chi connectivity index (χ2n) is 4.64. The van der Waals surface area contributed by atoms with Crippen molar-refractivity contribution >= 4 is 33.4 Å². The Bertz CT molecular complexity index is 521. The first kappa shape index (κ1) is 11.9. The first-order valence-corrected chi connectivity index (χ1v) is 6.66. The second kappa shape index (κ2) is 4.17. The van der Waals surface area contributed by atoms with E-state index in [1.54, 1.807) is 6.07 Å². The van der Waals surface area contributed by atoms with Crippen LogP contribution < -0.4 is 4.90 Å². The summed E-state index contributed by atoms with van der Waals surface area (Å²) in [5.41, 5.74) is 1.62. The highest BCUT2D eigenvalue weighted by molar-refractivity contribution is 9.10. The maximum Gasteiger partial charge on any atom is 0.262 e. The quantitative estimate of drug-likeness (QED) is 0.747. The minimum atomic E-state index is -0.448. The summed E-state index contributed by atoms with van der Waals surface area (Å²) < 4.78 is 6.34. The minimum Gasteiger partial charge on any atom is -0.355 e. The molecule has 0 saturated carbocycles. The Morgan fingerprint density at radius 1 is 1.22 bits per heavy atom. The zero-order valence-corrected chi connectivity index (χ0v) is 11.4. The van der Waals surface area contributed by atoms with Gasteiger partial charge < -0.3 is 4.74 Å². The fraction of sp³-hybridized carbons (Fsp3) is 0.385. The van der Waals surface area contributed by atoms with Gasteiger partial charge in [-0.05, 0) is 43.5 Å². The van der Waals surface area contributed by atoms with Crippen molar-refractivity contribution in [3.63, 3.8) is 0 Å². The van der Waals surface area contributed by atoms with Crippen LogP contribution in [-0.2, 0) is 14.3 Å². The second-order valence-corrected chi connectivity index (χ2v) is 5.49. The zero-order chi connectivity index (χ0) is 12.9. The Morgan fingerprint density at radius 3 is 2.39 bits per heavy atom. The number of hydrogen-bond donors (Lipinski definition) is 0. The van der Waals surface area contributed by atoms with Crippen LogP contribution in [0.2, 0.25) is 0 Å². The summed E-state index contributed by atoms with van der Waals surface area (Å²) in [6.07, 6.45) is 0.385. The number of rotatable bonds is 1. The van der Waals surface area contributed by atoms with Gasteiger partial charge in [-0.2, -0.15) is 0 Å². The molecular formula is C13H12BrNO3. The van der Waals surface area contributed by atoms with Crippen LogP contribution in [0.25, 0.3) is 0 Å². The number of aryl methyl sites for hydroxylation is 1. The molecule has 0 aliphatic carbocycles. The third-order valence-electron chi connectivity index (χ3n) is 3.41. The number of anilines is 1. The summed E-state index contributed by atoms with van der Waals surface area (Å²) in [7, 11) is 0. The molecule has 3 rings (SSSR count). The number of fused-ring (bicyclic) bond motifs is 2. The van der Waals surface area contributed by atoms with Crippen LogP contribution in [-0.4, -0.2) is 24.0 Å². The van der Waals surface area contributed by atoms with Crippen LogP contribution in [0.1, 0.15) is 18.4 Å². The van der Waals surface area contributed by atoms with Crippen molar-refractivity contribution in [1.29, 1.82) is 0 Å². The first-order valence-electron chi connectivity index (χ1n) is 5.87. The summed E-state index contributed by atoms with van der Waals surface area (Å²) in [6, 6.07) is 5.46.